The van der Waals surface area contributed by atoms with Gasteiger partial charge in [0.15, 0.2) is 4.67 Å². The van der Waals surface area contributed by atoms with Gasteiger partial charge >= 0.3 is 0 Å². The summed E-state index contributed by atoms with van der Waals surface area (Å²) in [6, 6.07) is 9.08. The Morgan fingerprint density at radius 3 is 2.79 bits per heavy atom. The van der Waals surface area contributed by atoms with Crippen LogP contribution in [-0.2, 0) is 9.59 Å². The number of carbonyl (C=O) groups is 2. The number of anilines is 2. The minimum Gasteiger partial charge on any atom is -0.450 e. The van der Waals surface area contributed by atoms with Crippen LogP contribution in [0.5, 0.6) is 0 Å². The highest BCUT2D eigenvalue weighted by Crippen LogP contribution is 2.27. The van der Waals surface area contributed by atoms with Crippen LogP contribution < -0.4 is 10.2 Å². The van der Waals surface area contributed by atoms with Crippen LogP contribution in [0.25, 0.3) is 6.08 Å². The molecule has 1 aromatic carbocycles. The Bertz CT molecular complexity index is 810. The van der Waals surface area contributed by atoms with Crippen LogP contribution >= 0.6 is 15.9 Å². The molecule has 0 aliphatic carbocycles. The summed E-state index contributed by atoms with van der Waals surface area (Å²) < 4.78 is 5.91. The van der Waals surface area contributed by atoms with Crippen molar-refractivity contribution in [3.05, 3.63) is 52.4 Å². The van der Waals surface area contributed by atoms with Crippen LogP contribution in [0.2, 0.25) is 0 Å². The first-order valence-electron chi connectivity index (χ1n) is 7.68. The molecule has 1 aliphatic rings. The molecule has 0 saturated carbocycles. The van der Waals surface area contributed by atoms with Gasteiger partial charge in [-0.15, -0.1) is 0 Å². The largest absolute Gasteiger partial charge is 0.450 e. The lowest BCUT2D eigenvalue weighted by atomic mass is 10.1. The Hall–Kier alpha value is -2.34. The zero-order chi connectivity index (χ0) is 17.1. The molecule has 0 unspecified atom stereocenters. The molecule has 24 heavy (non-hydrogen) atoms. The van der Waals surface area contributed by atoms with E-state index in [-0.39, 0.29) is 11.8 Å². The zero-order valence-corrected chi connectivity index (χ0v) is 14.8. The Morgan fingerprint density at radius 2 is 2.17 bits per heavy atom. The molecule has 0 bridgehead atoms. The number of nitrogens with one attached hydrogen (secondary N) is 1. The Morgan fingerprint density at radius 1 is 1.33 bits per heavy atom. The van der Waals surface area contributed by atoms with Gasteiger partial charge in [0.1, 0.15) is 5.76 Å². The first-order valence-corrected chi connectivity index (χ1v) is 8.47. The molecule has 3 rings (SSSR count). The van der Waals surface area contributed by atoms with Crippen molar-refractivity contribution < 1.29 is 14.0 Å². The number of hydrogen-bond donors (Lipinski definition) is 1. The number of aryl methyl sites for hydroxylation is 1. The van der Waals surface area contributed by atoms with Crippen molar-refractivity contribution >= 4 is 45.2 Å². The van der Waals surface area contributed by atoms with Crippen molar-refractivity contribution in [3.8, 4) is 0 Å². The fraction of sp³-hybridized carbons (Fsp3) is 0.222. The van der Waals surface area contributed by atoms with Crippen LogP contribution in [0.3, 0.4) is 0 Å². The van der Waals surface area contributed by atoms with Crippen LogP contribution in [-0.4, -0.2) is 18.4 Å². The third-order valence-electron chi connectivity index (χ3n) is 3.82. The monoisotopic (exact) mass is 388 g/mol. The SMILES string of the molecule is Cc1cc(NC(=O)C=Cc2ccc(Br)o2)ccc1N1CCCC1=O. The van der Waals surface area contributed by atoms with Crippen molar-refractivity contribution in [3.63, 3.8) is 0 Å². The topological polar surface area (TPSA) is 62.6 Å². The second-order valence-corrected chi connectivity index (χ2v) is 6.40. The summed E-state index contributed by atoms with van der Waals surface area (Å²) in [5.74, 6) is 0.505. The van der Waals surface area contributed by atoms with E-state index in [1.807, 2.05) is 25.1 Å². The molecule has 1 aromatic heterocycles. The van der Waals surface area contributed by atoms with E-state index in [0.717, 1.165) is 24.2 Å². The molecule has 1 aliphatic heterocycles. The van der Waals surface area contributed by atoms with Crippen LogP contribution in [0.4, 0.5) is 11.4 Å². The third-order valence-corrected chi connectivity index (χ3v) is 4.25. The van der Waals surface area contributed by atoms with Gasteiger partial charge in [0, 0.05) is 30.4 Å². The molecule has 1 fully saturated rings. The van der Waals surface area contributed by atoms with Gasteiger partial charge in [-0.3, -0.25) is 9.59 Å². The summed E-state index contributed by atoms with van der Waals surface area (Å²) in [5.41, 5.74) is 2.56. The lowest BCUT2D eigenvalue weighted by Gasteiger charge is -2.19. The molecule has 0 spiro atoms. The lowest BCUT2D eigenvalue weighted by Crippen LogP contribution is -2.24. The number of benzene rings is 1. The summed E-state index contributed by atoms with van der Waals surface area (Å²) in [6.45, 7) is 2.69. The van der Waals surface area contributed by atoms with E-state index < -0.39 is 0 Å². The average molecular weight is 389 g/mol. The summed E-state index contributed by atoms with van der Waals surface area (Å²) in [6.07, 6.45) is 4.51. The maximum atomic E-state index is 12.0. The third kappa shape index (κ3) is 3.76. The van der Waals surface area contributed by atoms with Gasteiger partial charge in [0.2, 0.25) is 11.8 Å². The van der Waals surface area contributed by atoms with E-state index in [2.05, 4.69) is 21.2 Å². The predicted molar refractivity (Wildman–Crippen MR) is 96.8 cm³/mol. The van der Waals surface area contributed by atoms with E-state index in [1.165, 1.54) is 6.08 Å². The molecular weight excluding hydrogens is 372 g/mol. The van der Waals surface area contributed by atoms with Crippen molar-refractivity contribution in [2.45, 2.75) is 19.8 Å². The van der Waals surface area contributed by atoms with E-state index >= 15 is 0 Å². The highest BCUT2D eigenvalue weighted by Gasteiger charge is 2.22. The van der Waals surface area contributed by atoms with Gasteiger partial charge in [0.05, 0.1) is 0 Å². The summed E-state index contributed by atoms with van der Waals surface area (Å²) in [7, 11) is 0. The van der Waals surface area contributed by atoms with E-state index in [0.29, 0.717) is 22.5 Å². The molecular formula is C18H17BrN2O3. The number of rotatable bonds is 4. The van der Waals surface area contributed by atoms with Gasteiger partial charge in [-0.2, -0.15) is 0 Å². The first-order chi connectivity index (χ1) is 11.5. The number of carbonyl (C=O) groups excluding carboxylic acids is 2. The van der Waals surface area contributed by atoms with Gasteiger partial charge < -0.3 is 14.6 Å². The smallest absolute Gasteiger partial charge is 0.248 e. The fourth-order valence-corrected chi connectivity index (χ4v) is 3.02. The number of hydrogen-bond acceptors (Lipinski definition) is 3. The summed E-state index contributed by atoms with van der Waals surface area (Å²) in [4.78, 5) is 25.6. The minimum absolute atomic E-state index is 0.155. The summed E-state index contributed by atoms with van der Waals surface area (Å²) in [5, 5.41) is 2.81. The van der Waals surface area contributed by atoms with Crippen molar-refractivity contribution in [1.82, 2.24) is 0 Å². The van der Waals surface area contributed by atoms with Crippen molar-refractivity contribution in [2.24, 2.45) is 0 Å². The average Bonchev–Trinajstić information content (AvgIpc) is 3.14. The van der Waals surface area contributed by atoms with Crippen LogP contribution in [0.1, 0.15) is 24.2 Å². The quantitative estimate of drug-likeness (QED) is 0.800. The molecule has 0 atom stereocenters. The highest BCUT2D eigenvalue weighted by atomic mass is 79.9. The lowest BCUT2D eigenvalue weighted by molar-refractivity contribution is -0.117. The molecule has 2 heterocycles. The molecule has 2 aromatic rings. The normalized spacial score (nSPS) is 14.6. The molecule has 0 radical (unpaired) electrons. The fourth-order valence-electron chi connectivity index (χ4n) is 2.70. The molecule has 1 N–H and O–H groups in total. The van der Waals surface area contributed by atoms with Crippen LogP contribution in [0, 0.1) is 6.92 Å². The number of halogens is 1. The van der Waals surface area contributed by atoms with Gasteiger partial charge in [0.25, 0.3) is 0 Å². The van der Waals surface area contributed by atoms with Gasteiger partial charge in [-0.25, -0.2) is 0 Å². The van der Waals surface area contributed by atoms with E-state index in [1.54, 1.807) is 23.1 Å². The second kappa shape index (κ2) is 7.05. The highest BCUT2D eigenvalue weighted by molar-refractivity contribution is 9.10. The number of nitrogens with zero attached hydrogens (tertiary/aromatic N) is 1. The second-order valence-electron chi connectivity index (χ2n) is 5.61. The molecule has 6 heteroatoms. The zero-order valence-electron chi connectivity index (χ0n) is 13.2. The molecule has 2 amide bonds. The predicted octanol–water partition coefficient (Wildman–Crippen LogP) is 4.13. The maximum absolute atomic E-state index is 12.0. The van der Waals surface area contributed by atoms with Crippen molar-refractivity contribution in [2.75, 3.05) is 16.8 Å². The van der Waals surface area contributed by atoms with E-state index in [9.17, 15) is 9.59 Å². The standard InChI is InChI=1S/C18H17BrN2O3/c1-12-11-13(4-7-15(12)21-10-2-3-18(21)23)20-17(22)9-6-14-5-8-16(19)24-14/h4-9,11H,2-3,10H2,1H3,(H,20,22). The number of furan rings is 1. The Labute approximate surface area is 148 Å². The first kappa shape index (κ1) is 16.5. The Balaban J connectivity index is 1.67. The number of amides is 2. The minimum atomic E-state index is -0.244. The Kier molecular flexibility index (Phi) is 4.85. The van der Waals surface area contributed by atoms with Gasteiger partial charge in [-0.05, 0) is 71.2 Å². The van der Waals surface area contributed by atoms with Crippen molar-refractivity contribution in [1.29, 1.82) is 0 Å². The molecule has 5 nitrogen and oxygen atoms in total. The summed E-state index contributed by atoms with van der Waals surface area (Å²) >= 11 is 3.21. The van der Waals surface area contributed by atoms with Gasteiger partial charge in [-0.1, -0.05) is 0 Å². The van der Waals surface area contributed by atoms with E-state index in [4.69, 9.17) is 4.42 Å². The maximum Gasteiger partial charge on any atom is 0.248 e. The molecule has 1 saturated heterocycles. The van der Waals surface area contributed by atoms with Crippen LogP contribution in [0.15, 0.2) is 45.5 Å². The molecule has 124 valence electrons.